The molecule has 33 nitrogen and oxygen atoms in total. The van der Waals surface area contributed by atoms with Gasteiger partial charge in [0, 0.05) is 6.42 Å². The van der Waals surface area contributed by atoms with E-state index in [2.05, 4.69) is 58.5 Å². The van der Waals surface area contributed by atoms with Gasteiger partial charge in [-0.25, -0.2) is 4.79 Å². The van der Waals surface area contributed by atoms with Crippen LogP contribution in [0.15, 0.2) is 0 Å². The van der Waals surface area contributed by atoms with Crippen LogP contribution in [0, 0.1) is 23.7 Å². The van der Waals surface area contributed by atoms with Crippen LogP contribution in [0.5, 0.6) is 0 Å². The summed E-state index contributed by atoms with van der Waals surface area (Å²) in [5.41, 5.74) is 11.1. The number of nitrogens with one attached hydrogen (secondary N) is 11. The lowest BCUT2D eigenvalue weighted by molar-refractivity contribution is -0.143. The van der Waals surface area contributed by atoms with Gasteiger partial charge in [-0.05, 0) is 81.6 Å². The van der Waals surface area contributed by atoms with E-state index in [1.807, 2.05) is 0 Å². The van der Waals surface area contributed by atoms with Crippen molar-refractivity contribution in [2.45, 2.75) is 193 Å². The highest BCUT2D eigenvalue weighted by atomic mass is 32.2. The van der Waals surface area contributed by atoms with Crippen LogP contribution >= 0.6 is 11.8 Å². The predicted octanol–water partition coefficient (Wildman–Crippen LogP) is -5.48. The standard InChI is InChI=1S/C53H91N13O20S/c1-23(2)16-31(47(79)59-30(14-15-87-11)46(78)64-36(22-67)53(85)86)58-38(70)21-56-45(77)34(19-37(55)69)63-52(84)42(28(10)68)66-50(82)35(20-40(73)74)61-48(80)32(17-24(3)4)62-51(83)41(26(7)8)65-49(81)33(18-25(5)6)60-43(75)27(9)57-44(76)29(54)12-13-39(71)72/h23-36,41-42,67-68H,12-22,54H2,1-11H3,(H2,55,69)(H,56,77)(H,57,76)(H,58,70)(H,59,79)(H,60,75)(H,61,80)(H,62,83)(H,63,84)(H,64,78)(H,65,81)(H,66,82)(H,71,72)(H,73,74)(H,85,86)/t27-,28+,29-,30-,31-,32-,33-,34-,35-,36-,41-,42-/m0/s1. The van der Waals surface area contributed by atoms with E-state index in [1.54, 1.807) is 61.6 Å². The summed E-state index contributed by atoms with van der Waals surface area (Å²) in [6.07, 6.45) is -2.88. The highest BCUT2D eigenvalue weighted by Crippen LogP contribution is 2.13. The van der Waals surface area contributed by atoms with Crippen LogP contribution in [0.2, 0.25) is 0 Å². The van der Waals surface area contributed by atoms with Crippen LogP contribution in [0.25, 0.3) is 0 Å². The van der Waals surface area contributed by atoms with Gasteiger partial charge in [0.05, 0.1) is 38.1 Å². The number of nitrogens with two attached hydrogens (primary N) is 2. The number of amides is 12. The second-order valence-corrected chi connectivity index (χ2v) is 23.4. The Morgan fingerprint density at radius 1 is 0.448 bits per heavy atom. The van der Waals surface area contributed by atoms with Gasteiger partial charge < -0.3 is 95.5 Å². The fourth-order valence-corrected chi connectivity index (χ4v) is 8.48. The molecule has 0 saturated heterocycles. The molecule has 34 heteroatoms. The molecular weight excluding hydrogens is 1170 g/mol. The van der Waals surface area contributed by atoms with E-state index in [4.69, 9.17) is 16.6 Å². The molecule has 0 aromatic heterocycles. The third-order valence-corrected chi connectivity index (χ3v) is 13.3. The number of carbonyl (C=O) groups is 15. The summed E-state index contributed by atoms with van der Waals surface area (Å²) in [7, 11) is 0. The SMILES string of the molecule is CSCC[C@H](NC(=O)[C@H](CC(C)C)NC(=O)CNC(=O)[C@H](CC(N)=O)NC(=O)[C@@H](NC(=O)[C@H](CC(=O)O)NC(=O)[C@H](CC(C)C)NC(=O)[C@@H](NC(=O)[C@H](CC(C)C)NC(=O)[C@H](C)NC(=O)[C@@H](N)CCC(=O)O)C(C)C)[C@@H](C)O)C(=O)N[C@@H](CO)C(=O)O. The summed E-state index contributed by atoms with van der Waals surface area (Å²) in [6.45, 7) is 13.8. The fraction of sp³-hybridized carbons (Fsp3) is 0.717. The molecule has 87 heavy (non-hydrogen) atoms. The quantitative estimate of drug-likeness (QED) is 0.0271. The number of carbonyl (C=O) groups excluding carboxylic acids is 12. The van der Waals surface area contributed by atoms with Gasteiger partial charge in [-0.2, -0.15) is 11.8 Å². The van der Waals surface area contributed by atoms with Gasteiger partial charge in [0.15, 0.2) is 0 Å². The average Bonchev–Trinajstić information content (AvgIpc) is 3.63. The molecule has 0 aromatic rings. The van der Waals surface area contributed by atoms with Crippen LogP contribution < -0.4 is 70.0 Å². The lowest BCUT2D eigenvalue weighted by Crippen LogP contribution is -2.62. The molecular formula is C53H91N13O20S. The Kier molecular flexibility index (Phi) is 36.3. The molecule has 494 valence electrons. The molecule has 0 aromatic carbocycles. The van der Waals surface area contributed by atoms with E-state index < -0.39 is 200 Å². The fourth-order valence-electron chi connectivity index (χ4n) is 8.01. The van der Waals surface area contributed by atoms with Gasteiger partial charge in [-0.3, -0.25) is 67.1 Å². The van der Waals surface area contributed by atoms with Crippen LogP contribution in [-0.2, 0) is 71.9 Å². The number of aliphatic hydroxyl groups excluding tert-OH is 2. The van der Waals surface area contributed by atoms with Crippen molar-refractivity contribution in [2.75, 3.05) is 25.2 Å². The van der Waals surface area contributed by atoms with Crippen molar-refractivity contribution >= 4 is 101 Å². The Morgan fingerprint density at radius 2 is 0.862 bits per heavy atom. The zero-order chi connectivity index (χ0) is 67.2. The van der Waals surface area contributed by atoms with Crippen molar-refractivity contribution in [1.29, 1.82) is 0 Å². The maximum absolute atomic E-state index is 14.0. The highest BCUT2D eigenvalue weighted by Gasteiger charge is 2.38. The van der Waals surface area contributed by atoms with Crippen LogP contribution in [-0.4, -0.2) is 212 Å². The van der Waals surface area contributed by atoms with Gasteiger partial charge in [0.25, 0.3) is 0 Å². The first-order valence-electron chi connectivity index (χ1n) is 28.1. The lowest BCUT2D eigenvalue weighted by atomic mass is 9.98. The Hall–Kier alpha value is -7.72. The first-order valence-corrected chi connectivity index (χ1v) is 29.5. The molecule has 0 spiro atoms. The second kappa shape index (κ2) is 39.9. The predicted molar refractivity (Wildman–Crippen MR) is 312 cm³/mol. The van der Waals surface area contributed by atoms with Crippen molar-refractivity contribution in [3.8, 4) is 0 Å². The lowest BCUT2D eigenvalue weighted by Gasteiger charge is -2.29. The molecule has 20 N–H and O–H groups in total. The minimum Gasteiger partial charge on any atom is -0.481 e. The first-order chi connectivity index (χ1) is 40.3. The van der Waals surface area contributed by atoms with Gasteiger partial charge in [0.2, 0.25) is 70.9 Å². The third kappa shape index (κ3) is 31.5. The summed E-state index contributed by atoms with van der Waals surface area (Å²) in [5.74, 6) is -17.9. The number of rotatable bonds is 42. The topological polar surface area (TPSA) is 542 Å². The molecule has 0 aliphatic carbocycles. The largest absolute Gasteiger partial charge is 0.481 e. The van der Waals surface area contributed by atoms with E-state index in [1.165, 1.54) is 18.7 Å². The van der Waals surface area contributed by atoms with Crippen molar-refractivity contribution in [3.05, 3.63) is 0 Å². The van der Waals surface area contributed by atoms with Crippen molar-refractivity contribution in [2.24, 2.45) is 35.1 Å². The number of aliphatic hydroxyl groups is 2. The first kappa shape index (κ1) is 79.3. The highest BCUT2D eigenvalue weighted by molar-refractivity contribution is 7.98. The van der Waals surface area contributed by atoms with E-state index in [0.717, 1.165) is 6.92 Å². The summed E-state index contributed by atoms with van der Waals surface area (Å²) >= 11 is 1.31. The number of aliphatic carboxylic acids is 3. The number of thioether (sulfide) groups is 1. The molecule has 0 fully saturated rings. The molecule has 0 bridgehead atoms. The molecule has 0 radical (unpaired) electrons. The zero-order valence-electron chi connectivity index (χ0n) is 50.9. The number of carboxylic acids is 3. The van der Waals surface area contributed by atoms with Crippen molar-refractivity contribution in [1.82, 2.24) is 58.5 Å². The summed E-state index contributed by atoms with van der Waals surface area (Å²) in [4.78, 5) is 195. The zero-order valence-corrected chi connectivity index (χ0v) is 51.8. The average molecular weight is 1260 g/mol. The number of hydrogen-bond acceptors (Lipinski definition) is 19. The molecule has 0 saturated carbocycles. The third-order valence-electron chi connectivity index (χ3n) is 12.6. The maximum atomic E-state index is 14.0. The minimum atomic E-state index is -2.05. The Bertz CT molecular complexity index is 2410. The smallest absolute Gasteiger partial charge is 0.328 e. The summed E-state index contributed by atoms with van der Waals surface area (Å²) in [5, 5.41) is 73.8. The van der Waals surface area contributed by atoms with Crippen LogP contribution in [0.1, 0.15) is 121 Å². The Labute approximate surface area is 508 Å². The Balaban J connectivity index is 6.45. The van der Waals surface area contributed by atoms with E-state index in [0.29, 0.717) is 5.75 Å². The maximum Gasteiger partial charge on any atom is 0.328 e. The van der Waals surface area contributed by atoms with Gasteiger partial charge in [0.1, 0.15) is 60.4 Å². The molecule has 0 rings (SSSR count). The monoisotopic (exact) mass is 1260 g/mol. The number of carboxylic acid groups (broad SMARTS) is 3. The van der Waals surface area contributed by atoms with E-state index in [-0.39, 0.29) is 49.9 Å². The molecule has 0 heterocycles. The summed E-state index contributed by atoms with van der Waals surface area (Å²) < 4.78 is 0. The van der Waals surface area contributed by atoms with E-state index in [9.17, 15) is 92.3 Å². The van der Waals surface area contributed by atoms with Gasteiger partial charge in [-0.15, -0.1) is 0 Å². The normalized spacial score (nSPS) is 15.4. The minimum absolute atomic E-state index is 0.00842. The number of hydrogen-bond donors (Lipinski definition) is 18. The van der Waals surface area contributed by atoms with Crippen LogP contribution in [0.3, 0.4) is 0 Å². The van der Waals surface area contributed by atoms with Crippen LogP contribution in [0.4, 0.5) is 0 Å². The van der Waals surface area contributed by atoms with E-state index >= 15 is 0 Å². The molecule has 12 atom stereocenters. The molecule has 0 unspecified atom stereocenters. The van der Waals surface area contributed by atoms with Gasteiger partial charge >= 0.3 is 17.9 Å². The van der Waals surface area contributed by atoms with Gasteiger partial charge in [-0.1, -0.05) is 55.4 Å². The summed E-state index contributed by atoms with van der Waals surface area (Å²) in [6, 6.07) is -17.0. The second-order valence-electron chi connectivity index (χ2n) is 22.4. The van der Waals surface area contributed by atoms with Crippen molar-refractivity contribution < 1.29 is 97.5 Å². The molecule has 0 aliphatic heterocycles. The molecule has 0 aliphatic rings. The number of primary amides is 1. The van der Waals surface area contributed by atoms with Crippen molar-refractivity contribution in [3.63, 3.8) is 0 Å². The Morgan fingerprint density at radius 3 is 1.31 bits per heavy atom. The molecule has 12 amide bonds.